The summed E-state index contributed by atoms with van der Waals surface area (Å²) in [5.41, 5.74) is 0. The Balaban J connectivity index is 2.08. The zero-order chi connectivity index (χ0) is 21.6. The summed E-state index contributed by atoms with van der Waals surface area (Å²) in [6.07, 6.45) is 3.61. The van der Waals surface area contributed by atoms with E-state index in [9.17, 15) is 19.2 Å². The van der Waals surface area contributed by atoms with Crippen LogP contribution in [0, 0.1) is 5.92 Å². The number of nitrogens with one attached hydrogen (secondary N) is 1. The lowest BCUT2D eigenvalue weighted by molar-refractivity contribution is -0.152. The van der Waals surface area contributed by atoms with E-state index < -0.39 is 6.04 Å². The third-order valence-electron chi connectivity index (χ3n) is 6.08. The molecule has 2 aliphatic heterocycles. The molecule has 2 fully saturated rings. The average Bonchev–Trinajstić information content (AvgIpc) is 3.37. The van der Waals surface area contributed by atoms with Gasteiger partial charge in [-0.1, -0.05) is 13.8 Å². The number of amides is 3. The zero-order valence-corrected chi connectivity index (χ0v) is 17.9. The largest absolute Gasteiger partial charge is 0.467 e. The second-order valence-electron chi connectivity index (χ2n) is 8.18. The maximum atomic E-state index is 13.2. The summed E-state index contributed by atoms with van der Waals surface area (Å²) in [5.74, 6) is -0.350. The van der Waals surface area contributed by atoms with Crippen molar-refractivity contribution in [1.82, 2.24) is 20.0 Å². The van der Waals surface area contributed by atoms with E-state index in [2.05, 4.69) is 10.2 Å². The second kappa shape index (κ2) is 10.6. The van der Waals surface area contributed by atoms with Gasteiger partial charge in [0, 0.05) is 26.2 Å². The molecule has 0 bridgehead atoms. The van der Waals surface area contributed by atoms with E-state index in [4.69, 9.17) is 4.74 Å². The van der Waals surface area contributed by atoms with Gasteiger partial charge in [0.2, 0.25) is 18.2 Å². The topological polar surface area (TPSA) is 99.3 Å². The molecule has 0 aliphatic carbocycles. The van der Waals surface area contributed by atoms with Gasteiger partial charge in [-0.3, -0.25) is 19.3 Å². The Kier molecular flexibility index (Phi) is 8.43. The molecule has 9 nitrogen and oxygen atoms in total. The predicted molar refractivity (Wildman–Crippen MR) is 107 cm³/mol. The molecule has 0 spiro atoms. The second-order valence-corrected chi connectivity index (χ2v) is 8.18. The van der Waals surface area contributed by atoms with Crippen molar-refractivity contribution in [2.45, 2.75) is 57.7 Å². The smallest absolute Gasteiger partial charge is 0.328 e. The number of likely N-dealkylation sites (N-methyl/N-ethyl adjacent to an activating group) is 1. The summed E-state index contributed by atoms with van der Waals surface area (Å²) in [5, 5.41) is 2.41. The Morgan fingerprint density at radius 1 is 1.17 bits per heavy atom. The van der Waals surface area contributed by atoms with E-state index in [0.29, 0.717) is 25.9 Å². The van der Waals surface area contributed by atoms with Gasteiger partial charge in [-0.25, -0.2) is 4.79 Å². The van der Waals surface area contributed by atoms with Crippen LogP contribution in [0.2, 0.25) is 0 Å². The van der Waals surface area contributed by atoms with Gasteiger partial charge >= 0.3 is 5.97 Å². The molecule has 3 amide bonds. The number of hydrogen-bond acceptors (Lipinski definition) is 6. The molecule has 29 heavy (non-hydrogen) atoms. The lowest BCUT2D eigenvalue weighted by Crippen LogP contribution is -2.54. The first-order valence-corrected chi connectivity index (χ1v) is 10.4. The number of carbonyl (C=O) groups excluding carboxylic acids is 4. The van der Waals surface area contributed by atoms with Crippen LogP contribution in [-0.2, 0) is 23.9 Å². The van der Waals surface area contributed by atoms with Crippen molar-refractivity contribution in [1.29, 1.82) is 0 Å². The third kappa shape index (κ3) is 5.46. The lowest BCUT2D eigenvalue weighted by atomic mass is 10.0. The van der Waals surface area contributed by atoms with Crippen molar-refractivity contribution < 1.29 is 23.9 Å². The molecule has 0 aromatic heterocycles. The Hall–Kier alpha value is -2.16. The molecule has 3 atom stereocenters. The summed E-state index contributed by atoms with van der Waals surface area (Å²) >= 11 is 0. The standard InChI is InChI=1S/C20H34N4O5/c1-14(2)17(22(3)18(26)11-21-13-25)12-23-9-5-7-15(23)19(27)24-10-6-8-16(24)20(28)29-4/h13-17H,5-12H2,1-4H3,(H,21,25)/t15-,16?,17+/m0/s1. The summed E-state index contributed by atoms with van der Waals surface area (Å²) in [7, 11) is 3.09. The highest BCUT2D eigenvalue weighted by Gasteiger charge is 2.42. The van der Waals surface area contributed by atoms with E-state index in [1.165, 1.54) is 7.11 Å². The van der Waals surface area contributed by atoms with E-state index in [1.807, 2.05) is 13.8 Å². The summed E-state index contributed by atoms with van der Waals surface area (Å²) < 4.78 is 4.87. The van der Waals surface area contributed by atoms with Crippen LogP contribution in [-0.4, -0.2) is 97.4 Å². The molecular formula is C20H34N4O5. The highest BCUT2D eigenvalue weighted by molar-refractivity contribution is 5.88. The predicted octanol–water partition coefficient (Wildman–Crippen LogP) is -0.156. The first-order chi connectivity index (χ1) is 13.8. The fourth-order valence-corrected chi connectivity index (χ4v) is 4.39. The number of esters is 1. The number of carbonyl (C=O) groups is 4. The van der Waals surface area contributed by atoms with Gasteiger partial charge in [-0.05, 0) is 38.1 Å². The lowest BCUT2D eigenvalue weighted by Gasteiger charge is -2.37. The van der Waals surface area contributed by atoms with Gasteiger partial charge in [-0.15, -0.1) is 0 Å². The van der Waals surface area contributed by atoms with Gasteiger partial charge in [-0.2, -0.15) is 0 Å². The van der Waals surface area contributed by atoms with Crippen LogP contribution in [0.15, 0.2) is 0 Å². The molecule has 9 heteroatoms. The van der Waals surface area contributed by atoms with Gasteiger partial charge in [0.1, 0.15) is 6.04 Å². The van der Waals surface area contributed by atoms with Gasteiger partial charge in [0.15, 0.2) is 0 Å². The summed E-state index contributed by atoms with van der Waals surface area (Å²) in [6, 6.07) is -0.855. The SMILES string of the molecule is COC(=O)C1CCCN1C(=O)[C@@H]1CCCN1C[C@H](C(C)C)N(C)C(=O)CNC=O. The van der Waals surface area contributed by atoms with Crippen LogP contribution in [0.3, 0.4) is 0 Å². The monoisotopic (exact) mass is 410 g/mol. The fraction of sp³-hybridized carbons (Fsp3) is 0.800. The molecule has 0 saturated carbocycles. The molecule has 0 aromatic carbocycles. The van der Waals surface area contributed by atoms with Crippen LogP contribution >= 0.6 is 0 Å². The molecule has 0 aromatic rings. The molecular weight excluding hydrogens is 376 g/mol. The Morgan fingerprint density at radius 2 is 1.83 bits per heavy atom. The first-order valence-electron chi connectivity index (χ1n) is 10.4. The number of hydrogen-bond donors (Lipinski definition) is 1. The highest BCUT2D eigenvalue weighted by Crippen LogP contribution is 2.26. The Morgan fingerprint density at radius 3 is 2.45 bits per heavy atom. The van der Waals surface area contributed by atoms with Gasteiger partial charge < -0.3 is 19.9 Å². The number of methoxy groups -OCH3 is 1. The van der Waals surface area contributed by atoms with Crippen molar-refractivity contribution >= 4 is 24.2 Å². The normalized spacial score (nSPS) is 23.1. The molecule has 2 heterocycles. The van der Waals surface area contributed by atoms with Crippen LogP contribution in [0.1, 0.15) is 39.5 Å². The van der Waals surface area contributed by atoms with E-state index >= 15 is 0 Å². The van der Waals surface area contributed by atoms with Crippen molar-refractivity contribution in [3.05, 3.63) is 0 Å². The molecule has 1 unspecified atom stereocenters. The van der Waals surface area contributed by atoms with E-state index in [-0.39, 0.29) is 42.3 Å². The van der Waals surface area contributed by atoms with Crippen LogP contribution < -0.4 is 5.32 Å². The van der Waals surface area contributed by atoms with Crippen LogP contribution in [0.25, 0.3) is 0 Å². The molecule has 2 rings (SSSR count). The molecule has 0 radical (unpaired) electrons. The first kappa shape index (κ1) is 23.1. The summed E-state index contributed by atoms with van der Waals surface area (Å²) in [4.78, 5) is 53.6. The number of rotatable bonds is 9. The average molecular weight is 411 g/mol. The minimum atomic E-state index is -0.491. The van der Waals surface area contributed by atoms with Crippen molar-refractivity contribution in [3.63, 3.8) is 0 Å². The summed E-state index contributed by atoms with van der Waals surface area (Å²) in [6.45, 7) is 5.98. The van der Waals surface area contributed by atoms with Crippen molar-refractivity contribution in [3.8, 4) is 0 Å². The number of ether oxygens (including phenoxy) is 1. The van der Waals surface area contributed by atoms with E-state index in [0.717, 1.165) is 25.8 Å². The maximum Gasteiger partial charge on any atom is 0.328 e. The molecule has 164 valence electrons. The quantitative estimate of drug-likeness (QED) is 0.419. The minimum Gasteiger partial charge on any atom is -0.467 e. The zero-order valence-electron chi connectivity index (χ0n) is 17.9. The fourth-order valence-electron chi connectivity index (χ4n) is 4.39. The van der Waals surface area contributed by atoms with Gasteiger partial charge in [0.25, 0.3) is 0 Å². The highest BCUT2D eigenvalue weighted by atomic mass is 16.5. The van der Waals surface area contributed by atoms with Crippen LogP contribution in [0.5, 0.6) is 0 Å². The van der Waals surface area contributed by atoms with Gasteiger partial charge in [0.05, 0.1) is 19.7 Å². The third-order valence-corrected chi connectivity index (χ3v) is 6.08. The van der Waals surface area contributed by atoms with Crippen molar-refractivity contribution in [2.24, 2.45) is 5.92 Å². The number of nitrogens with zero attached hydrogens (tertiary/aromatic N) is 3. The molecule has 2 aliphatic rings. The Bertz CT molecular complexity index is 612. The Labute approximate surface area is 172 Å². The molecule has 2 saturated heterocycles. The minimum absolute atomic E-state index is 0.0190. The van der Waals surface area contributed by atoms with E-state index in [1.54, 1.807) is 16.8 Å². The van der Waals surface area contributed by atoms with Crippen LogP contribution in [0.4, 0.5) is 0 Å². The molecule has 1 N–H and O–H groups in total. The maximum absolute atomic E-state index is 13.2. The number of likely N-dealkylation sites (tertiary alicyclic amines) is 2. The van der Waals surface area contributed by atoms with Crippen molar-refractivity contribution in [2.75, 3.05) is 40.3 Å².